The lowest BCUT2D eigenvalue weighted by atomic mass is 10.2. The van der Waals surface area contributed by atoms with Crippen LogP contribution in [0.4, 0.5) is 5.69 Å². The number of tetrazole rings is 1. The van der Waals surface area contributed by atoms with Crippen molar-refractivity contribution in [3.8, 4) is 5.69 Å². The van der Waals surface area contributed by atoms with Crippen molar-refractivity contribution in [2.24, 2.45) is 0 Å². The molecule has 0 fully saturated rings. The maximum absolute atomic E-state index is 12.1. The van der Waals surface area contributed by atoms with Gasteiger partial charge in [-0.05, 0) is 58.6 Å². The van der Waals surface area contributed by atoms with Gasteiger partial charge in [-0.25, -0.2) is 4.68 Å². The quantitative estimate of drug-likeness (QED) is 0.801. The molecule has 0 unspecified atom stereocenters. The molecule has 0 saturated carbocycles. The number of rotatable bonds is 3. The molecule has 100 valence electrons. The van der Waals surface area contributed by atoms with Gasteiger partial charge in [0.15, 0.2) is 0 Å². The molecular weight excluding hydrogens is 274 g/mol. The average molecular weight is 285 g/mol. The molecule has 1 amide bonds. The van der Waals surface area contributed by atoms with Crippen molar-refractivity contribution in [3.05, 3.63) is 52.5 Å². The smallest absolute Gasteiger partial charge is 0.265 e. The molecule has 6 nitrogen and oxygen atoms in total. The fourth-order valence-corrected chi connectivity index (χ4v) is 2.59. The Bertz CT molecular complexity index is 718. The van der Waals surface area contributed by atoms with Crippen LogP contribution in [0.15, 0.2) is 42.0 Å². The summed E-state index contributed by atoms with van der Waals surface area (Å²) >= 11 is 1.44. The highest BCUT2D eigenvalue weighted by atomic mass is 32.1. The highest BCUT2D eigenvalue weighted by Gasteiger charge is 2.10. The zero-order valence-corrected chi connectivity index (χ0v) is 11.5. The third-order valence-electron chi connectivity index (χ3n) is 2.81. The Hall–Kier alpha value is -2.54. The first-order chi connectivity index (χ1) is 9.74. The summed E-state index contributed by atoms with van der Waals surface area (Å²) in [7, 11) is 0. The highest BCUT2D eigenvalue weighted by molar-refractivity contribution is 7.12. The van der Waals surface area contributed by atoms with E-state index in [9.17, 15) is 4.79 Å². The second-order valence-electron chi connectivity index (χ2n) is 4.19. The first-order valence-corrected chi connectivity index (χ1v) is 6.81. The van der Waals surface area contributed by atoms with Gasteiger partial charge in [-0.3, -0.25) is 4.79 Å². The van der Waals surface area contributed by atoms with Crippen LogP contribution in [-0.2, 0) is 0 Å². The summed E-state index contributed by atoms with van der Waals surface area (Å²) in [4.78, 5) is 12.8. The molecule has 3 rings (SSSR count). The SMILES string of the molecule is Cc1ccsc1C(=O)Nc1ccc(-n2cnnn2)cc1. The van der Waals surface area contributed by atoms with E-state index in [1.54, 1.807) is 4.68 Å². The van der Waals surface area contributed by atoms with Crippen molar-refractivity contribution >= 4 is 22.9 Å². The van der Waals surface area contributed by atoms with Crippen LogP contribution in [0.2, 0.25) is 0 Å². The lowest BCUT2D eigenvalue weighted by Gasteiger charge is -2.05. The number of aryl methyl sites for hydroxylation is 1. The van der Waals surface area contributed by atoms with Crippen LogP contribution in [0.3, 0.4) is 0 Å². The zero-order chi connectivity index (χ0) is 13.9. The molecule has 1 N–H and O–H groups in total. The largest absolute Gasteiger partial charge is 0.321 e. The lowest BCUT2D eigenvalue weighted by Crippen LogP contribution is -2.11. The van der Waals surface area contributed by atoms with Crippen molar-refractivity contribution in [3.63, 3.8) is 0 Å². The van der Waals surface area contributed by atoms with Crippen LogP contribution in [0.5, 0.6) is 0 Å². The van der Waals surface area contributed by atoms with E-state index in [4.69, 9.17) is 0 Å². The predicted octanol–water partition coefficient (Wildman–Crippen LogP) is 2.28. The van der Waals surface area contributed by atoms with Crippen LogP contribution < -0.4 is 5.32 Å². The van der Waals surface area contributed by atoms with E-state index >= 15 is 0 Å². The van der Waals surface area contributed by atoms with Gasteiger partial charge in [0.25, 0.3) is 5.91 Å². The summed E-state index contributed by atoms with van der Waals surface area (Å²) < 4.78 is 1.55. The molecule has 2 aromatic heterocycles. The van der Waals surface area contributed by atoms with Gasteiger partial charge in [-0.1, -0.05) is 0 Å². The number of benzene rings is 1. The minimum Gasteiger partial charge on any atom is -0.321 e. The number of carbonyl (C=O) groups is 1. The third-order valence-corrected chi connectivity index (χ3v) is 3.82. The molecule has 0 spiro atoms. The second kappa shape index (κ2) is 5.22. The van der Waals surface area contributed by atoms with Crippen molar-refractivity contribution in [2.75, 3.05) is 5.32 Å². The Balaban J connectivity index is 1.76. The fraction of sp³-hybridized carbons (Fsp3) is 0.0769. The Morgan fingerprint density at radius 1 is 1.25 bits per heavy atom. The fourth-order valence-electron chi connectivity index (χ4n) is 1.77. The first kappa shape index (κ1) is 12.5. The van der Waals surface area contributed by atoms with Gasteiger partial charge in [0.2, 0.25) is 0 Å². The van der Waals surface area contributed by atoms with Gasteiger partial charge in [-0.2, -0.15) is 0 Å². The number of nitrogens with zero attached hydrogens (tertiary/aromatic N) is 4. The van der Waals surface area contributed by atoms with E-state index in [2.05, 4.69) is 20.8 Å². The molecular formula is C13H11N5OS. The van der Waals surface area contributed by atoms with E-state index in [1.165, 1.54) is 17.7 Å². The van der Waals surface area contributed by atoms with E-state index in [0.717, 1.165) is 21.8 Å². The van der Waals surface area contributed by atoms with Gasteiger partial charge in [0, 0.05) is 5.69 Å². The minimum atomic E-state index is -0.0901. The van der Waals surface area contributed by atoms with Crippen LogP contribution in [-0.4, -0.2) is 26.1 Å². The van der Waals surface area contributed by atoms with Crippen LogP contribution in [0.25, 0.3) is 5.69 Å². The molecule has 0 saturated heterocycles. The maximum atomic E-state index is 12.1. The number of aromatic nitrogens is 4. The number of anilines is 1. The standard InChI is InChI=1S/C13H11N5OS/c1-9-6-7-20-12(9)13(19)15-10-2-4-11(5-3-10)18-8-14-16-17-18/h2-8H,1H3,(H,15,19). The first-order valence-electron chi connectivity index (χ1n) is 5.93. The van der Waals surface area contributed by atoms with Crippen LogP contribution in [0.1, 0.15) is 15.2 Å². The molecule has 0 aliphatic heterocycles. The van der Waals surface area contributed by atoms with E-state index in [-0.39, 0.29) is 5.91 Å². The Morgan fingerprint density at radius 3 is 2.65 bits per heavy atom. The monoisotopic (exact) mass is 285 g/mol. The van der Waals surface area contributed by atoms with Crippen LogP contribution >= 0.6 is 11.3 Å². The molecule has 20 heavy (non-hydrogen) atoms. The number of hydrogen-bond acceptors (Lipinski definition) is 5. The Labute approximate surface area is 119 Å². The van der Waals surface area contributed by atoms with Gasteiger partial charge in [0.1, 0.15) is 6.33 Å². The number of carbonyl (C=O) groups excluding carboxylic acids is 1. The summed E-state index contributed by atoms with van der Waals surface area (Å²) in [5.74, 6) is -0.0901. The lowest BCUT2D eigenvalue weighted by molar-refractivity contribution is 0.103. The summed E-state index contributed by atoms with van der Waals surface area (Å²) in [6, 6.07) is 9.25. The van der Waals surface area contributed by atoms with Crippen molar-refractivity contribution < 1.29 is 4.79 Å². The average Bonchev–Trinajstić information content (AvgIpc) is 3.10. The number of nitrogens with one attached hydrogen (secondary N) is 1. The van der Waals surface area contributed by atoms with Gasteiger partial charge in [0.05, 0.1) is 10.6 Å². The molecule has 2 heterocycles. The molecule has 0 radical (unpaired) electrons. The highest BCUT2D eigenvalue weighted by Crippen LogP contribution is 2.18. The summed E-state index contributed by atoms with van der Waals surface area (Å²) in [6.07, 6.45) is 1.52. The van der Waals surface area contributed by atoms with Gasteiger partial charge >= 0.3 is 0 Å². The molecule has 0 atom stereocenters. The summed E-state index contributed by atoms with van der Waals surface area (Å²) in [6.45, 7) is 1.92. The zero-order valence-electron chi connectivity index (χ0n) is 10.6. The molecule has 0 bridgehead atoms. The van der Waals surface area contributed by atoms with Gasteiger partial charge < -0.3 is 5.32 Å². The van der Waals surface area contributed by atoms with Crippen molar-refractivity contribution in [1.82, 2.24) is 20.2 Å². The third kappa shape index (κ3) is 2.43. The molecule has 7 heteroatoms. The van der Waals surface area contributed by atoms with Crippen molar-refractivity contribution in [1.29, 1.82) is 0 Å². The summed E-state index contributed by atoms with van der Waals surface area (Å²) in [5.41, 5.74) is 2.55. The van der Waals surface area contributed by atoms with E-state index in [1.807, 2.05) is 42.6 Å². The number of thiophene rings is 1. The maximum Gasteiger partial charge on any atom is 0.265 e. The van der Waals surface area contributed by atoms with E-state index < -0.39 is 0 Å². The normalized spacial score (nSPS) is 10.4. The molecule has 3 aromatic rings. The molecule has 0 aliphatic rings. The van der Waals surface area contributed by atoms with E-state index in [0.29, 0.717) is 0 Å². The molecule has 0 aliphatic carbocycles. The Kier molecular flexibility index (Phi) is 3.26. The predicted molar refractivity (Wildman–Crippen MR) is 76.2 cm³/mol. The molecule has 1 aromatic carbocycles. The summed E-state index contributed by atoms with van der Waals surface area (Å²) in [5, 5.41) is 15.7. The van der Waals surface area contributed by atoms with Gasteiger partial charge in [-0.15, -0.1) is 16.4 Å². The topological polar surface area (TPSA) is 72.7 Å². The number of hydrogen-bond donors (Lipinski definition) is 1. The van der Waals surface area contributed by atoms with Crippen LogP contribution in [0, 0.1) is 6.92 Å². The Morgan fingerprint density at radius 2 is 2.05 bits per heavy atom. The minimum absolute atomic E-state index is 0.0901. The van der Waals surface area contributed by atoms with Crippen molar-refractivity contribution in [2.45, 2.75) is 6.92 Å². The number of amides is 1. The second-order valence-corrected chi connectivity index (χ2v) is 5.10.